The van der Waals surface area contributed by atoms with Crippen LogP contribution in [-0.4, -0.2) is 0 Å². The van der Waals surface area contributed by atoms with Gasteiger partial charge in [0.1, 0.15) is 11.5 Å². The summed E-state index contributed by atoms with van der Waals surface area (Å²) in [6.07, 6.45) is 4.35. The van der Waals surface area contributed by atoms with Crippen molar-refractivity contribution in [3.8, 4) is 22.6 Å². The van der Waals surface area contributed by atoms with Gasteiger partial charge in [0.15, 0.2) is 0 Å². The quantitative estimate of drug-likeness (QED) is 0.299. The molecule has 0 fully saturated rings. The molecule has 0 bridgehead atoms. The molecule has 0 radical (unpaired) electrons. The molecule has 0 saturated carbocycles. The number of hydrogen-bond acceptors (Lipinski definition) is 2. The minimum Gasteiger partial charge on any atom is -0.464 e. The van der Waals surface area contributed by atoms with Gasteiger partial charge in [-0.25, -0.2) is 0 Å². The average molecular weight is 390 g/mol. The summed E-state index contributed by atoms with van der Waals surface area (Å²) in [4.78, 5) is 0. The van der Waals surface area contributed by atoms with Crippen molar-refractivity contribution < 1.29 is 8.83 Å². The summed E-state index contributed by atoms with van der Waals surface area (Å²) in [6, 6.07) is 35.9. The fourth-order valence-corrected chi connectivity index (χ4v) is 3.92. The average Bonchev–Trinajstić information content (AvgIpc) is 3.53. The molecule has 146 valence electrons. The van der Waals surface area contributed by atoms with Crippen molar-refractivity contribution in [3.63, 3.8) is 0 Å². The first-order chi connectivity index (χ1) is 14.9. The third-order valence-corrected chi connectivity index (χ3v) is 5.52. The van der Waals surface area contributed by atoms with Crippen LogP contribution < -0.4 is 0 Å². The van der Waals surface area contributed by atoms with Crippen LogP contribution in [0.25, 0.3) is 22.6 Å². The molecule has 0 saturated heterocycles. The number of furan rings is 2. The lowest BCUT2D eigenvalue weighted by atomic mass is 9.85. The predicted molar refractivity (Wildman–Crippen MR) is 120 cm³/mol. The third kappa shape index (κ3) is 3.85. The molecule has 2 nitrogen and oxygen atoms in total. The SMILES string of the molecule is c1ccc(C(Cc2ccc(-c3ccco3)cc2)c2ccc(-c3ccco3)cc2)cc1. The molecule has 2 aromatic heterocycles. The third-order valence-electron chi connectivity index (χ3n) is 5.52. The summed E-state index contributed by atoms with van der Waals surface area (Å²) in [5.74, 6) is 2.08. The van der Waals surface area contributed by atoms with E-state index in [1.165, 1.54) is 16.7 Å². The topological polar surface area (TPSA) is 26.3 Å². The lowest BCUT2D eigenvalue weighted by Gasteiger charge is -2.19. The highest BCUT2D eigenvalue weighted by molar-refractivity contribution is 5.59. The van der Waals surface area contributed by atoms with Gasteiger partial charge in [0.05, 0.1) is 12.5 Å². The first kappa shape index (κ1) is 18.3. The second-order valence-corrected chi connectivity index (χ2v) is 7.44. The van der Waals surface area contributed by atoms with Gasteiger partial charge in [-0.1, -0.05) is 78.9 Å². The minimum absolute atomic E-state index is 0.284. The molecule has 0 amide bonds. The Bertz CT molecular complexity index is 1170. The standard InChI is InChI=1S/C28H22O2/c1-2-6-22(7-3-1)26(23-14-16-25(17-15-23)28-9-5-19-30-28)20-21-10-12-24(13-11-21)27-8-4-18-29-27/h1-19,26H,20H2. The van der Waals surface area contributed by atoms with Gasteiger partial charge >= 0.3 is 0 Å². The first-order valence-corrected chi connectivity index (χ1v) is 10.2. The van der Waals surface area contributed by atoms with Crippen molar-refractivity contribution in [2.24, 2.45) is 0 Å². The van der Waals surface area contributed by atoms with Crippen molar-refractivity contribution >= 4 is 0 Å². The molecule has 3 aromatic carbocycles. The largest absolute Gasteiger partial charge is 0.464 e. The predicted octanol–water partition coefficient (Wildman–Crippen LogP) is 7.58. The Morgan fingerprint density at radius 1 is 0.500 bits per heavy atom. The van der Waals surface area contributed by atoms with Crippen LogP contribution in [0, 0.1) is 0 Å². The fraction of sp³-hybridized carbons (Fsp3) is 0.0714. The van der Waals surface area contributed by atoms with Crippen LogP contribution in [0.2, 0.25) is 0 Å². The van der Waals surface area contributed by atoms with E-state index in [4.69, 9.17) is 8.83 Å². The zero-order valence-electron chi connectivity index (χ0n) is 16.6. The minimum atomic E-state index is 0.284. The maximum Gasteiger partial charge on any atom is 0.133 e. The van der Waals surface area contributed by atoms with Crippen LogP contribution in [-0.2, 0) is 6.42 Å². The molecule has 0 N–H and O–H groups in total. The van der Waals surface area contributed by atoms with Crippen LogP contribution in [0.15, 0.2) is 124 Å². The van der Waals surface area contributed by atoms with Gasteiger partial charge in [-0.3, -0.25) is 0 Å². The van der Waals surface area contributed by atoms with Gasteiger partial charge in [-0.05, 0) is 47.4 Å². The van der Waals surface area contributed by atoms with Crippen LogP contribution >= 0.6 is 0 Å². The zero-order chi connectivity index (χ0) is 20.2. The first-order valence-electron chi connectivity index (χ1n) is 10.2. The monoisotopic (exact) mass is 390 g/mol. The van der Waals surface area contributed by atoms with Crippen molar-refractivity contribution in [2.45, 2.75) is 12.3 Å². The second kappa shape index (κ2) is 8.30. The Balaban J connectivity index is 1.44. The van der Waals surface area contributed by atoms with Gasteiger partial charge in [0.2, 0.25) is 0 Å². The maximum atomic E-state index is 5.53. The second-order valence-electron chi connectivity index (χ2n) is 7.44. The van der Waals surface area contributed by atoms with Crippen molar-refractivity contribution in [2.75, 3.05) is 0 Å². The molecule has 1 atom stereocenters. The van der Waals surface area contributed by atoms with E-state index in [0.29, 0.717) is 0 Å². The van der Waals surface area contributed by atoms with Crippen molar-refractivity contribution in [1.82, 2.24) is 0 Å². The number of benzene rings is 3. The molecule has 0 aliphatic heterocycles. The molecule has 2 heteroatoms. The van der Waals surface area contributed by atoms with Crippen LogP contribution in [0.4, 0.5) is 0 Å². The molecule has 0 aliphatic rings. The molecule has 5 aromatic rings. The lowest BCUT2D eigenvalue weighted by molar-refractivity contribution is 0.582. The fourth-order valence-electron chi connectivity index (χ4n) is 3.92. The van der Waals surface area contributed by atoms with Crippen LogP contribution in [0.5, 0.6) is 0 Å². The zero-order valence-corrected chi connectivity index (χ0v) is 16.6. The molecule has 0 aliphatic carbocycles. The summed E-state index contributed by atoms with van der Waals surface area (Å²) >= 11 is 0. The maximum absolute atomic E-state index is 5.53. The van der Waals surface area contributed by atoms with Gasteiger partial charge in [0, 0.05) is 17.0 Å². The molecule has 1 unspecified atom stereocenters. The Kier molecular flexibility index (Phi) is 5.05. The Hall–Kier alpha value is -3.78. The van der Waals surface area contributed by atoms with E-state index in [1.807, 2.05) is 24.3 Å². The van der Waals surface area contributed by atoms with E-state index in [-0.39, 0.29) is 5.92 Å². The van der Waals surface area contributed by atoms with Gasteiger partial charge in [-0.15, -0.1) is 0 Å². The van der Waals surface area contributed by atoms with Crippen LogP contribution in [0.3, 0.4) is 0 Å². The van der Waals surface area contributed by atoms with Crippen molar-refractivity contribution in [1.29, 1.82) is 0 Å². The Labute approximate surface area is 176 Å². The summed E-state index contributed by atoms with van der Waals surface area (Å²) < 4.78 is 11.0. The normalized spacial score (nSPS) is 12.0. The van der Waals surface area contributed by atoms with Gasteiger partial charge in [0.25, 0.3) is 0 Å². The summed E-state index contributed by atoms with van der Waals surface area (Å²) in [6.45, 7) is 0. The molecular formula is C28H22O2. The van der Waals surface area contributed by atoms with E-state index in [9.17, 15) is 0 Å². The lowest BCUT2D eigenvalue weighted by Crippen LogP contribution is -2.05. The molecule has 0 spiro atoms. The molecule has 5 rings (SSSR count). The highest BCUT2D eigenvalue weighted by atomic mass is 16.3. The summed E-state index contributed by atoms with van der Waals surface area (Å²) in [7, 11) is 0. The van der Waals surface area contributed by atoms with Gasteiger partial charge < -0.3 is 8.83 Å². The summed E-state index contributed by atoms with van der Waals surface area (Å²) in [5, 5.41) is 0. The van der Waals surface area contributed by atoms with Gasteiger partial charge in [-0.2, -0.15) is 0 Å². The highest BCUT2D eigenvalue weighted by Crippen LogP contribution is 2.31. The molecule has 2 heterocycles. The number of rotatable bonds is 6. The Morgan fingerprint density at radius 2 is 1.03 bits per heavy atom. The number of hydrogen-bond donors (Lipinski definition) is 0. The smallest absolute Gasteiger partial charge is 0.133 e. The highest BCUT2D eigenvalue weighted by Gasteiger charge is 2.16. The molecule has 30 heavy (non-hydrogen) atoms. The summed E-state index contributed by atoms with van der Waals surface area (Å²) in [5.41, 5.74) is 6.11. The molecular weight excluding hydrogens is 368 g/mol. The van der Waals surface area contributed by atoms with Crippen LogP contribution in [0.1, 0.15) is 22.6 Å². The van der Waals surface area contributed by atoms with E-state index in [0.717, 1.165) is 29.1 Å². The van der Waals surface area contributed by atoms with Crippen molar-refractivity contribution in [3.05, 3.63) is 132 Å². The van der Waals surface area contributed by atoms with E-state index >= 15 is 0 Å². The van der Waals surface area contributed by atoms with E-state index < -0.39 is 0 Å². The van der Waals surface area contributed by atoms with E-state index in [1.54, 1.807) is 12.5 Å². The van der Waals surface area contributed by atoms with E-state index in [2.05, 4.69) is 78.9 Å². The Morgan fingerprint density at radius 3 is 1.57 bits per heavy atom.